The Balaban J connectivity index is 1.61. The Morgan fingerprint density at radius 3 is 2.78 bits per heavy atom. The molecule has 2 heterocycles. The zero-order chi connectivity index (χ0) is 18.9. The highest BCUT2D eigenvalue weighted by Crippen LogP contribution is 2.22. The number of pyridine rings is 1. The fourth-order valence-corrected chi connectivity index (χ4v) is 2.57. The van der Waals surface area contributed by atoms with Crippen molar-refractivity contribution >= 4 is 17.7 Å². The molecular formula is C20H21N5O2. The van der Waals surface area contributed by atoms with Gasteiger partial charge in [0.2, 0.25) is 5.91 Å². The molecule has 138 valence electrons. The summed E-state index contributed by atoms with van der Waals surface area (Å²) in [5.74, 6) is -0.219. The molecule has 0 aliphatic heterocycles. The number of rotatable bonds is 8. The van der Waals surface area contributed by atoms with Gasteiger partial charge in [-0.3, -0.25) is 14.9 Å². The highest BCUT2D eigenvalue weighted by Gasteiger charge is 2.05. The molecule has 3 aromatic rings. The van der Waals surface area contributed by atoms with E-state index in [4.69, 9.17) is 5.11 Å². The summed E-state index contributed by atoms with van der Waals surface area (Å²) in [6, 6.07) is 9.45. The number of nitrogens with one attached hydrogen (secondary N) is 3. The van der Waals surface area contributed by atoms with Crippen molar-refractivity contribution in [2.24, 2.45) is 0 Å². The van der Waals surface area contributed by atoms with E-state index in [1.807, 2.05) is 30.3 Å². The Labute approximate surface area is 157 Å². The van der Waals surface area contributed by atoms with Crippen molar-refractivity contribution in [3.63, 3.8) is 0 Å². The van der Waals surface area contributed by atoms with Crippen LogP contribution in [0.2, 0.25) is 0 Å². The average Bonchev–Trinajstić information content (AvgIpc) is 3.23. The third kappa shape index (κ3) is 5.34. The normalized spacial score (nSPS) is 11.0. The number of nitrogens with zero attached hydrogens (tertiary/aromatic N) is 2. The third-order valence-corrected chi connectivity index (χ3v) is 3.91. The van der Waals surface area contributed by atoms with Gasteiger partial charge in [0.15, 0.2) is 0 Å². The molecule has 0 radical (unpaired) electrons. The van der Waals surface area contributed by atoms with Crippen molar-refractivity contribution in [3.8, 4) is 11.1 Å². The monoisotopic (exact) mass is 363 g/mol. The number of H-pyrrole nitrogens is 1. The van der Waals surface area contributed by atoms with Gasteiger partial charge in [-0.15, -0.1) is 0 Å². The number of carbonyl (C=O) groups excluding carboxylic acids is 1. The molecule has 27 heavy (non-hydrogen) atoms. The lowest BCUT2D eigenvalue weighted by Gasteiger charge is -2.06. The molecular weight excluding hydrogens is 342 g/mol. The summed E-state index contributed by atoms with van der Waals surface area (Å²) < 4.78 is 0. The molecule has 0 saturated heterocycles. The number of hydrogen-bond donors (Lipinski definition) is 4. The molecule has 0 spiro atoms. The lowest BCUT2D eigenvalue weighted by atomic mass is 10.0. The van der Waals surface area contributed by atoms with Crippen LogP contribution in [-0.4, -0.2) is 39.3 Å². The summed E-state index contributed by atoms with van der Waals surface area (Å²) in [5.41, 5.74) is 4.51. The van der Waals surface area contributed by atoms with Crippen LogP contribution in [0, 0.1) is 0 Å². The van der Waals surface area contributed by atoms with E-state index in [9.17, 15) is 4.79 Å². The van der Waals surface area contributed by atoms with E-state index in [1.165, 1.54) is 6.08 Å². The maximum atomic E-state index is 12.2. The first-order valence-electron chi connectivity index (χ1n) is 8.59. The number of aromatic amines is 1. The minimum absolute atomic E-state index is 0.111. The SMILES string of the molecule is O=C(/C=C/c1cnccc1-c1cn[nH]c1)Nc1ccc(CNCCO)cc1. The van der Waals surface area contributed by atoms with E-state index in [0.717, 1.165) is 27.9 Å². The highest BCUT2D eigenvalue weighted by molar-refractivity contribution is 6.02. The van der Waals surface area contributed by atoms with E-state index in [0.29, 0.717) is 13.1 Å². The Kier molecular flexibility index (Phi) is 6.45. The van der Waals surface area contributed by atoms with E-state index in [-0.39, 0.29) is 12.5 Å². The molecule has 0 bridgehead atoms. The number of anilines is 1. The summed E-state index contributed by atoms with van der Waals surface area (Å²) in [6.45, 7) is 1.34. The van der Waals surface area contributed by atoms with Gasteiger partial charge >= 0.3 is 0 Å². The first-order valence-corrected chi connectivity index (χ1v) is 8.59. The van der Waals surface area contributed by atoms with E-state index >= 15 is 0 Å². The van der Waals surface area contributed by atoms with E-state index in [1.54, 1.807) is 30.9 Å². The Bertz CT molecular complexity index is 889. The summed E-state index contributed by atoms with van der Waals surface area (Å²) in [4.78, 5) is 16.3. The molecule has 7 heteroatoms. The largest absolute Gasteiger partial charge is 0.395 e. The van der Waals surface area contributed by atoms with Gasteiger partial charge in [0.05, 0.1) is 12.8 Å². The molecule has 0 aliphatic carbocycles. The van der Waals surface area contributed by atoms with Crippen molar-refractivity contribution in [1.29, 1.82) is 0 Å². The molecule has 4 N–H and O–H groups in total. The zero-order valence-corrected chi connectivity index (χ0v) is 14.7. The number of benzene rings is 1. The van der Waals surface area contributed by atoms with Crippen molar-refractivity contribution in [3.05, 3.63) is 72.3 Å². The lowest BCUT2D eigenvalue weighted by Crippen LogP contribution is -2.17. The summed E-state index contributed by atoms with van der Waals surface area (Å²) in [5, 5.41) is 21.4. The van der Waals surface area contributed by atoms with Crippen LogP contribution in [0.25, 0.3) is 17.2 Å². The second-order valence-electron chi connectivity index (χ2n) is 5.87. The molecule has 2 aromatic heterocycles. The second-order valence-corrected chi connectivity index (χ2v) is 5.87. The van der Waals surface area contributed by atoms with Crippen molar-refractivity contribution in [2.45, 2.75) is 6.54 Å². The summed E-state index contributed by atoms with van der Waals surface area (Å²) in [7, 11) is 0. The van der Waals surface area contributed by atoms with Crippen LogP contribution in [0.4, 0.5) is 5.69 Å². The van der Waals surface area contributed by atoms with Gasteiger partial charge in [-0.1, -0.05) is 12.1 Å². The summed E-state index contributed by atoms with van der Waals surface area (Å²) in [6.07, 6.45) is 10.2. The van der Waals surface area contributed by atoms with Crippen LogP contribution in [0.1, 0.15) is 11.1 Å². The van der Waals surface area contributed by atoms with Crippen LogP contribution in [0.15, 0.2) is 61.2 Å². The number of aliphatic hydroxyl groups excluding tert-OH is 1. The maximum Gasteiger partial charge on any atom is 0.248 e. The number of aromatic nitrogens is 3. The molecule has 1 aromatic carbocycles. The van der Waals surface area contributed by atoms with Crippen LogP contribution in [0.3, 0.4) is 0 Å². The molecule has 0 unspecified atom stereocenters. The smallest absolute Gasteiger partial charge is 0.248 e. The third-order valence-electron chi connectivity index (χ3n) is 3.91. The average molecular weight is 363 g/mol. The molecule has 7 nitrogen and oxygen atoms in total. The Morgan fingerprint density at radius 1 is 1.19 bits per heavy atom. The summed E-state index contributed by atoms with van der Waals surface area (Å²) >= 11 is 0. The number of hydrogen-bond acceptors (Lipinski definition) is 5. The highest BCUT2D eigenvalue weighted by atomic mass is 16.3. The minimum atomic E-state index is -0.219. The van der Waals surface area contributed by atoms with E-state index in [2.05, 4.69) is 25.8 Å². The Morgan fingerprint density at radius 2 is 2.04 bits per heavy atom. The van der Waals surface area contributed by atoms with Crippen LogP contribution in [-0.2, 0) is 11.3 Å². The van der Waals surface area contributed by atoms with Crippen LogP contribution in [0.5, 0.6) is 0 Å². The Hall–Kier alpha value is -3.29. The van der Waals surface area contributed by atoms with Gasteiger partial charge < -0.3 is 15.7 Å². The van der Waals surface area contributed by atoms with Crippen LogP contribution < -0.4 is 10.6 Å². The molecule has 0 aliphatic rings. The van der Waals surface area contributed by atoms with Gasteiger partial charge in [0.25, 0.3) is 0 Å². The van der Waals surface area contributed by atoms with Crippen LogP contribution >= 0.6 is 0 Å². The second kappa shape index (κ2) is 9.42. The van der Waals surface area contributed by atoms with Gasteiger partial charge in [-0.25, -0.2) is 0 Å². The van der Waals surface area contributed by atoms with Crippen molar-refractivity contribution in [1.82, 2.24) is 20.5 Å². The standard InChI is InChI=1S/C20H21N5O2/c26-10-9-22-11-15-1-4-18(5-2-15)25-20(27)6-3-16-12-21-8-7-19(16)17-13-23-24-14-17/h1-8,12-14,22,26H,9-11H2,(H,23,24)(H,25,27)/b6-3+. The van der Waals surface area contributed by atoms with Gasteiger partial charge in [0.1, 0.15) is 0 Å². The number of amides is 1. The molecule has 0 saturated carbocycles. The topological polar surface area (TPSA) is 103 Å². The van der Waals surface area contributed by atoms with Gasteiger partial charge in [-0.05, 0) is 35.4 Å². The minimum Gasteiger partial charge on any atom is -0.395 e. The fourth-order valence-electron chi connectivity index (χ4n) is 2.57. The molecule has 0 fully saturated rings. The van der Waals surface area contributed by atoms with E-state index < -0.39 is 0 Å². The predicted molar refractivity (Wildman–Crippen MR) is 105 cm³/mol. The molecule has 3 rings (SSSR count). The van der Waals surface area contributed by atoms with Gasteiger partial charge in [0, 0.05) is 54.6 Å². The van der Waals surface area contributed by atoms with Gasteiger partial charge in [-0.2, -0.15) is 5.10 Å². The maximum absolute atomic E-state index is 12.2. The van der Waals surface area contributed by atoms with Crippen molar-refractivity contribution < 1.29 is 9.90 Å². The predicted octanol–water partition coefficient (Wildman–Crippen LogP) is 2.21. The lowest BCUT2D eigenvalue weighted by molar-refractivity contribution is -0.111. The molecule has 1 amide bonds. The fraction of sp³-hybridized carbons (Fsp3) is 0.150. The molecule has 0 atom stereocenters. The first-order chi connectivity index (χ1) is 13.3. The quantitative estimate of drug-likeness (QED) is 0.363. The number of aliphatic hydroxyl groups is 1. The zero-order valence-electron chi connectivity index (χ0n) is 14.7. The van der Waals surface area contributed by atoms with Crippen molar-refractivity contribution in [2.75, 3.05) is 18.5 Å². The first kappa shape index (κ1) is 18.5. The number of carbonyl (C=O) groups is 1.